The number of nitrogens with one attached hydrogen (secondary N) is 1. The highest BCUT2D eigenvalue weighted by molar-refractivity contribution is 5.78. The molecule has 160 valence electrons. The number of nitrogens with two attached hydrogens (primary N) is 1. The van der Waals surface area contributed by atoms with E-state index in [0.717, 1.165) is 30.0 Å². The van der Waals surface area contributed by atoms with E-state index in [2.05, 4.69) is 25.3 Å². The van der Waals surface area contributed by atoms with Gasteiger partial charge in [-0.05, 0) is 25.0 Å². The molecule has 1 aromatic carbocycles. The van der Waals surface area contributed by atoms with E-state index in [0.29, 0.717) is 24.9 Å². The zero-order valence-corrected chi connectivity index (χ0v) is 17.5. The number of amides is 1. The molecule has 1 aliphatic rings. The third-order valence-corrected chi connectivity index (χ3v) is 5.36. The molecule has 31 heavy (non-hydrogen) atoms. The van der Waals surface area contributed by atoms with Crippen molar-refractivity contribution in [2.24, 2.45) is 5.73 Å². The van der Waals surface area contributed by atoms with E-state index in [4.69, 9.17) is 5.73 Å². The molecule has 0 radical (unpaired) electrons. The number of carbonyl (C=O) groups is 1. The minimum atomic E-state index is -0.00181. The number of piperidine rings is 1. The molecule has 2 aromatic heterocycles. The Labute approximate surface area is 181 Å². The van der Waals surface area contributed by atoms with Crippen LogP contribution in [0.25, 0.3) is 11.4 Å². The van der Waals surface area contributed by atoms with E-state index >= 15 is 0 Å². The van der Waals surface area contributed by atoms with Crippen molar-refractivity contribution in [1.82, 2.24) is 24.8 Å². The van der Waals surface area contributed by atoms with E-state index in [9.17, 15) is 4.79 Å². The molecule has 3 aromatic rings. The molecule has 0 spiro atoms. The fourth-order valence-electron chi connectivity index (χ4n) is 3.57. The van der Waals surface area contributed by atoms with Gasteiger partial charge in [-0.3, -0.25) is 4.79 Å². The molecular weight excluding hydrogens is 392 g/mol. The Bertz CT molecular complexity index is 1020. The SMILES string of the molecule is CN(c1ccnc(NC2CCN(C(=O)CN)CC2)n1)c1ccnc(-c2ccccc2)n1. The lowest BCUT2D eigenvalue weighted by Gasteiger charge is -2.32. The van der Waals surface area contributed by atoms with Gasteiger partial charge in [-0.15, -0.1) is 0 Å². The predicted molar refractivity (Wildman–Crippen MR) is 120 cm³/mol. The van der Waals surface area contributed by atoms with Crippen LogP contribution in [0.5, 0.6) is 0 Å². The quantitative estimate of drug-likeness (QED) is 0.625. The maximum atomic E-state index is 11.7. The van der Waals surface area contributed by atoms with Crippen LogP contribution in [-0.2, 0) is 4.79 Å². The van der Waals surface area contributed by atoms with Gasteiger partial charge in [-0.25, -0.2) is 15.0 Å². The van der Waals surface area contributed by atoms with Crippen LogP contribution in [0, 0.1) is 0 Å². The summed E-state index contributed by atoms with van der Waals surface area (Å²) >= 11 is 0. The summed E-state index contributed by atoms with van der Waals surface area (Å²) in [6, 6.07) is 13.8. The van der Waals surface area contributed by atoms with Crippen molar-refractivity contribution in [3.05, 3.63) is 54.9 Å². The monoisotopic (exact) mass is 418 g/mol. The lowest BCUT2D eigenvalue weighted by Crippen LogP contribution is -2.44. The van der Waals surface area contributed by atoms with Crippen molar-refractivity contribution in [2.75, 3.05) is 36.9 Å². The normalized spacial score (nSPS) is 14.3. The van der Waals surface area contributed by atoms with Crippen molar-refractivity contribution in [3.8, 4) is 11.4 Å². The van der Waals surface area contributed by atoms with E-state index in [1.54, 1.807) is 12.4 Å². The number of hydrogen-bond donors (Lipinski definition) is 2. The molecular formula is C22H26N8O. The largest absolute Gasteiger partial charge is 0.351 e. The number of aromatic nitrogens is 4. The van der Waals surface area contributed by atoms with Crippen LogP contribution in [0.2, 0.25) is 0 Å². The molecule has 1 fully saturated rings. The van der Waals surface area contributed by atoms with Gasteiger partial charge >= 0.3 is 0 Å². The maximum absolute atomic E-state index is 11.7. The highest BCUT2D eigenvalue weighted by atomic mass is 16.2. The lowest BCUT2D eigenvalue weighted by molar-refractivity contribution is -0.130. The van der Waals surface area contributed by atoms with Gasteiger partial charge < -0.3 is 20.9 Å². The van der Waals surface area contributed by atoms with Crippen molar-refractivity contribution >= 4 is 23.5 Å². The second-order valence-corrected chi connectivity index (χ2v) is 7.41. The van der Waals surface area contributed by atoms with Crippen molar-refractivity contribution in [2.45, 2.75) is 18.9 Å². The zero-order valence-electron chi connectivity index (χ0n) is 17.5. The molecule has 0 unspecified atom stereocenters. The second kappa shape index (κ2) is 9.48. The number of carbonyl (C=O) groups excluding carboxylic acids is 1. The van der Waals surface area contributed by atoms with Crippen LogP contribution >= 0.6 is 0 Å². The summed E-state index contributed by atoms with van der Waals surface area (Å²) in [7, 11) is 1.92. The highest BCUT2D eigenvalue weighted by Gasteiger charge is 2.22. The van der Waals surface area contributed by atoms with E-state index in [-0.39, 0.29) is 18.5 Å². The first-order valence-corrected chi connectivity index (χ1v) is 10.3. The summed E-state index contributed by atoms with van der Waals surface area (Å²) in [5.41, 5.74) is 6.42. The Hall–Kier alpha value is -3.59. The van der Waals surface area contributed by atoms with Gasteiger partial charge in [-0.2, -0.15) is 4.98 Å². The Morgan fingerprint density at radius 1 is 1.06 bits per heavy atom. The Morgan fingerprint density at radius 2 is 1.74 bits per heavy atom. The van der Waals surface area contributed by atoms with Gasteiger partial charge in [-0.1, -0.05) is 30.3 Å². The first-order valence-electron chi connectivity index (χ1n) is 10.3. The first kappa shape index (κ1) is 20.7. The standard InChI is InChI=1S/C22H26N8O/c1-29(18-7-11-24-21(27-18)16-5-3-2-4-6-16)19-8-12-25-22(28-19)26-17-9-13-30(14-10-17)20(31)15-23/h2-8,11-12,17H,9-10,13-15,23H2,1H3,(H,25,26,28). The first-order chi connectivity index (χ1) is 15.1. The van der Waals surface area contributed by atoms with Crippen molar-refractivity contribution in [3.63, 3.8) is 0 Å². The minimum Gasteiger partial charge on any atom is -0.351 e. The molecule has 3 N–H and O–H groups in total. The number of likely N-dealkylation sites (tertiary alicyclic amines) is 1. The van der Waals surface area contributed by atoms with Crippen molar-refractivity contribution < 1.29 is 4.79 Å². The fourth-order valence-corrected chi connectivity index (χ4v) is 3.57. The van der Waals surface area contributed by atoms with E-state index < -0.39 is 0 Å². The maximum Gasteiger partial charge on any atom is 0.236 e. The van der Waals surface area contributed by atoms with Crippen LogP contribution in [0.4, 0.5) is 17.6 Å². The van der Waals surface area contributed by atoms with Crippen molar-refractivity contribution in [1.29, 1.82) is 0 Å². The predicted octanol–water partition coefficient (Wildman–Crippen LogP) is 2.06. The summed E-state index contributed by atoms with van der Waals surface area (Å²) in [6.07, 6.45) is 5.15. The fraction of sp³-hybridized carbons (Fsp3) is 0.318. The number of benzene rings is 1. The number of rotatable bonds is 6. The van der Waals surface area contributed by atoms with Crippen LogP contribution in [0.15, 0.2) is 54.9 Å². The molecule has 4 rings (SSSR count). The molecule has 1 saturated heterocycles. The van der Waals surface area contributed by atoms with Gasteiger partial charge in [0.2, 0.25) is 11.9 Å². The molecule has 0 bridgehead atoms. The second-order valence-electron chi connectivity index (χ2n) is 7.41. The van der Waals surface area contributed by atoms with Gasteiger partial charge in [0.05, 0.1) is 6.54 Å². The highest BCUT2D eigenvalue weighted by Crippen LogP contribution is 2.23. The topological polar surface area (TPSA) is 113 Å². The minimum absolute atomic E-state index is 0.00181. The Balaban J connectivity index is 1.44. The zero-order chi connectivity index (χ0) is 21.6. The Kier molecular flexibility index (Phi) is 6.32. The van der Waals surface area contributed by atoms with E-state index in [1.807, 2.05) is 59.3 Å². The molecule has 1 amide bonds. The summed E-state index contributed by atoms with van der Waals surface area (Å²) < 4.78 is 0. The van der Waals surface area contributed by atoms with Crippen LogP contribution in [-0.4, -0.2) is 63.5 Å². The molecule has 0 aliphatic carbocycles. The van der Waals surface area contributed by atoms with E-state index in [1.165, 1.54) is 0 Å². The summed E-state index contributed by atoms with van der Waals surface area (Å²) in [6.45, 7) is 1.44. The Morgan fingerprint density at radius 3 is 2.45 bits per heavy atom. The summed E-state index contributed by atoms with van der Waals surface area (Å²) in [5.74, 6) is 2.69. The van der Waals surface area contributed by atoms with Crippen LogP contribution in [0.3, 0.4) is 0 Å². The number of hydrogen-bond acceptors (Lipinski definition) is 8. The van der Waals surface area contributed by atoms with Crippen LogP contribution in [0.1, 0.15) is 12.8 Å². The van der Waals surface area contributed by atoms with Crippen LogP contribution < -0.4 is 16.0 Å². The lowest BCUT2D eigenvalue weighted by atomic mass is 10.1. The summed E-state index contributed by atoms with van der Waals surface area (Å²) in [4.78, 5) is 33.5. The number of anilines is 3. The molecule has 9 heteroatoms. The molecule has 1 aliphatic heterocycles. The molecule has 9 nitrogen and oxygen atoms in total. The van der Waals surface area contributed by atoms with Gasteiger partial charge in [0.25, 0.3) is 0 Å². The smallest absolute Gasteiger partial charge is 0.236 e. The average molecular weight is 419 g/mol. The third-order valence-electron chi connectivity index (χ3n) is 5.36. The van der Waals surface area contributed by atoms with Gasteiger partial charge in [0.1, 0.15) is 11.6 Å². The molecule has 0 saturated carbocycles. The average Bonchev–Trinajstić information content (AvgIpc) is 2.84. The molecule has 3 heterocycles. The van der Waals surface area contributed by atoms with Gasteiger partial charge in [0, 0.05) is 44.1 Å². The third kappa shape index (κ3) is 4.95. The molecule has 0 atom stereocenters. The summed E-state index contributed by atoms with van der Waals surface area (Å²) in [5, 5.41) is 3.39. The number of nitrogens with zero attached hydrogens (tertiary/aromatic N) is 6. The van der Waals surface area contributed by atoms with Gasteiger partial charge in [0.15, 0.2) is 5.82 Å².